The van der Waals surface area contributed by atoms with Gasteiger partial charge in [0.15, 0.2) is 5.82 Å². The number of hydrogen-bond acceptors (Lipinski definition) is 5. The fourth-order valence-electron chi connectivity index (χ4n) is 2.21. The zero-order valence-electron chi connectivity index (χ0n) is 11.7. The van der Waals surface area contributed by atoms with Crippen LogP contribution in [0.4, 0.5) is 11.8 Å². The zero-order chi connectivity index (χ0) is 13.8. The van der Waals surface area contributed by atoms with Gasteiger partial charge in [0.2, 0.25) is 5.95 Å². The predicted octanol–water partition coefficient (Wildman–Crippen LogP) is 2.42. The maximum absolute atomic E-state index is 6.26. The second-order valence-corrected chi connectivity index (χ2v) is 5.29. The van der Waals surface area contributed by atoms with E-state index in [2.05, 4.69) is 27.1 Å². The third kappa shape index (κ3) is 3.48. The molecule has 1 aromatic rings. The van der Waals surface area contributed by atoms with Crippen LogP contribution in [0, 0.1) is 5.92 Å². The Morgan fingerprint density at radius 3 is 2.89 bits per heavy atom. The molecule has 0 bridgehead atoms. The summed E-state index contributed by atoms with van der Waals surface area (Å²) in [6.45, 7) is 3.67. The average molecular weight is 285 g/mol. The quantitative estimate of drug-likeness (QED) is 0.833. The van der Waals surface area contributed by atoms with E-state index in [4.69, 9.17) is 16.3 Å². The number of halogens is 1. The Balaban J connectivity index is 2.24. The van der Waals surface area contributed by atoms with Gasteiger partial charge in [-0.25, -0.2) is 4.98 Å². The van der Waals surface area contributed by atoms with E-state index < -0.39 is 0 Å². The van der Waals surface area contributed by atoms with Crippen LogP contribution in [-0.4, -0.2) is 43.3 Å². The summed E-state index contributed by atoms with van der Waals surface area (Å²) >= 11 is 6.26. The Hall–Kier alpha value is -1.07. The molecule has 2 rings (SSSR count). The van der Waals surface area contributed by atoms with Crippen molar-refractivity contribution in [3.05, 3.63) is 11.2 Å². The maximum Gasteiger partial charge on any atom is 0.224 e. The van der Waals surface area contributed by atoms with E-state index in [9.17, 15) is 0 Å². The normalized spacial score (nSPS) is 16.2. The van der Waals surface area contributed by atoms with Crippen LogP contribution in [0.2, 0.25) is 5.02 Å². The molecule has 0 aliphatic heterocycles. The van der Waals surface area contributed by atoms with Crippen molar-refractivity contribution in [1.82, 2.24) is 9.97 Å². The monoisotopic (exact) mass is 284 g/mol. The largest absolute Gasteiger partial charge is 0.383 e. The van der Waals surface area contributed by atoms with Gasteiger partial charge < -0.3 is 15.0 Å². The number of methoxy groups -OCH3 is 1. The first-order chi connectivity index (χ1) is 9.17. The highest BCUT2D eigenvalue weighted by molar-refractivity contribution is 6.32. The number of ether oxygens (including phenoxy) is 1. The number of nitrogens with zero attached hydrogens (tertiary/aromatic N) is 3. The van der Waals surface area contributed by atoms with E-state index in [0.29, 0.717) is 23.6 Å². The Morgan fingerprint density at radius 1 is 1.58 bits per heavy atom. The predicted molar refractivity (Wildman–Crippen MR) is 78.0 cm³/mol. The molecule has 1 aromatic heterocycles. The topological polar surface area (TPSA) is 50.3 Å². The summed E-state index contributed by atoms with van der Waals surface area (Å²) in [5, 5.41) is 3.54. The second kappa shape index (κ2) is 6.39. The molecule has 6 heteroatoms. The fraction of sp³-hybridized carbons (Fsp3) is 0.692. The highest BCUT2D eigenvalue weighted by Crippen LogP contribution is 2.38. The van der Waals surface area contributed by atoms with Crippen molar-refractivity contribution in [3.63, 3.8) is 0 Å². The van der Waals surface area contributed by atoms with E-state index in [1.54, 1.807) is 20.4 Å². The summed E-state index contributed by atoms with van der Waals surface area (Å²) in [6, 6.07) is 0.423. The van der Waals surface area contributed by atoms with E-state index in [1.807, 2.05) is 0 Å². The summed E-state index contributed by atoms with van der Waals surface area (Å²) < 4.78 is 5.20. The first-order valence-corrected chi connectivity index (χ1v) is 7.01. The van der Waals surface area contributed by atoms with Gasteiger partial charge >= 0.3 is 0 Å². The van der Waals surface area contributed by atoms with Crippen LogP contribution in [0.5, 0.6) is 0 Å². The summed E-state index contributed by atoms with van der Waals surface area (Å²) in [4.78, 5) is 10.8. The van der Waals surface area contributed by atoms with Crippen LogP contribution in [0.1, 0.15) is 19.8 Å². The van der Waals surface area contributed by atoms with Gasteiger partial charge in [-0.2, -0.15) is 4.98 Å². The molecule has 0 spiro atoms. The van der Waals surface area contributed by atoms with Crippen molar-refractivity contribution in [2.24, 2.45) is 5.92 Å². The van der Waals surface area contributed by atoms with Gasteiger partial charge in [-0.1, -0.05) is 11.6 Å². The molecular formula is C13H21ClN4O. The number of hydrogen-bond donors (Lipinski definition) is 1. The van der Waals surface area contributed by atoms with Crippen LogP contribution >= 0.6 is 11.6 Å². The molecule has 1 heterocycles. The summed E-state index contributed by atoms with van der Waals surface area (Å²) in [5.74, 6) is 2.11. The molecule has 1 unspecified atom stereocenters. The molecule has 0 aromatic carbocycles. The van der Waals surface area contributed by atoms with Crippen LogP contribution in [-0.2, 0) is 4.74 Å². The van der Waals surface area contributed by atoms with Gasteiger partial charge in [0.1, 0.15) is 5.02 Å². The molecule has 106 valence electrons. The molecule has 1 aliphatic rings. The van der Waals surface area contributed by atoms with Crippen LogP contribution in [0.3, 0.4) is 0 Å². The Kier molecular flexibility index (Phi) is 4.82. The van der Waals surface area contributed by atoms with E-state index in [-0.39, 0.29) is 0 Å². The van der Waals surface area contributed by atoms with Gasteiger partial charge in [0.05, 0.1) is 12.8 Å². The third-order valence-electron chi connectivity index (χ3n) is 3.55. The lowest BCUT2D eigenvalue weighted by Gasteiger charge is -2.31. The van der Waals surface area contributed by atoms with Crippen molar-refractivity contribution < 1.29 is 4.74 Å². The van der Waals surface area contributed by atoms with E-state index in [0.717, 1.165) is 18.3 Å². The van der Waals surface area contributed by atoms with Crippen molar-refractivity contribution in [2.45, 2.75) is 25.8 Å². The molecule has 19 heavy (non-hydrogen) atoms. The molecule has 1 fully saturated rings. The average Bonchev–Trinajstić information content (AvgIpc) is 3.25. The summed E-state index contributed by atoms with van der Waals surface area (Å²) in [6.07, 6.45) is 4.22. The number of nitrogens with one attached hydrogen (secondary N) is 1. The minimum Gasteiger partial charge on any atom is -0.383 e. The fourth-order valence-corrected chi connectivity index (χ4v) is 2.40. The second-order valence-electron chi connectivity index (χ2n) is 4.88. The first kappa shape index (κ1) is 14.3. The molecule has 0 amide bonds. The number of rotatable bonds is 7. The summed E-state index contributed by atoms with van der Waals surface area (Å²) in [7, 11) is 3.51. The van der Waals surface area contributed by atoms with Crippen molar-refractivity contribution in [2.75, 3.05) is 37.5 Å². The lowest BCUT2D eigenvalue weighted by molar-refractivity contribution is 0.202. The SMILES string of the molecule is CNc1ncc(Cl)c(N(CCOC)C(C)C2CC2)n1. The molecule has 0 radical (unpaired) electrons. The molecule has 1 aliphatic carbocycles. The van der Waals surface area contributed by atoms with Gasteiger partial charge in [-0.05, 0) is 25.7 Å². The molecule has 1 N–H and O–H groups in total. The van der Waals surface area contributed by atoms with Crippen molar-refractivity contribution in [1.29, 1.82) is 0 Å². The minimum atomic E-state index is 0.423. The van der Waals surface area contributed by atoms with E-state index >= 15 is 0 Å². The molecule has 1 atom stereocenters. The number of anilines is 2. The zero-order valence-corrected chi connectivity index (χ0v) is 12.4. The first-order valence-electron chi connectivity index (χ1n) is 6.63. The van der Waals surface area contributed by atoms with Gasteiger partial charge in [0.25, 0.3) is 0 Å². The van der Waals surface area contributed by atoms with Gasteiger partial charge in [0, 0.05) is 26.7 Å². The summed E-state index contributed by atoms with van der Waals surface area (Å²) in [5.41, 5.74) is 0. The minimum absolute atomic E-state index is 0.423. The Morgan fingerprint density at radius 2 is 2.32 bits per heavy atom. The van der Waals surface area contributed by atoms with Gasteiger partial charge in [-0.15, -0.1) is 0 Å². The Bertz CT molecular complexity index is 425. The molecule has 1 saturated carbocycles. The molecular weight excluding hydrogens is 264 g/mol. The van der Waals surface area contributed by atoms with Crippen LogP contribution < -0.4 is 10.2 Å². The molecule has 0 saturated heterocycles. The van der Waals surface area contributed by atoms with Crippen molar-refractivity contribution in [3.8, 4) is 0 Å². The van der Waals surface area contributed by atoms with Crippen LogP contribution in [0.25, 0.3) is 0 Å². The third-order valence-corrected chi connectivity index (χ3v) is 3.82. The highest BCUT2D eigenvalue weighted by Gasteiger charge is 2.33. The van der Waals surface area contributed by atoms with Gasteiger partial charge in [-0.3, -0.25) is 0 Å². The number of aromatic nitrogens is 2. The maximum atomic E-state index is 6.26. The smallest absolute Gasteiger partial charge is 0.224 e. The highest BCUT2D eigenvalue weighted by atomic mass is 35.5. The Labute approximate surface area is 119 Å². The van der Waals surface area contributed by atoms with E-state index in [1.165, 1.54) is 12.8 Å². The standard InChI is InChI=1S/C13H21ClN4O/c1-9(10-4-5-10)18(6-7-19-3)12-11(14)8-16-13(15-2)17-12/h8-10H,4-7H2,1-3H3,(H,15,16,17). The lowest BCUT2D eigenvalue weighted by atomic mass is 10.2. The molecule has 5 nitrogen and oxygen atoms in total. The van der Waals surface area contributed by atoms with Crippen molar-refractivity contribution >= 4 is 23.4 Å². The van der Waals surface area contributed by atoms with Crippen LogP contribution in [0.15, 0.2) is 6.20 Å². The lowest BCUT2D eigenvalue weighted by Crippen LogP contribution is -2.38.